The molecule has 0 spiro atoms. The third kappa shape index (κ3) is 1.09. The summed E-state index contributed by atoms with van der Waals surface area (Å²) in [6, 6.07) is 0. The van der Waals surface area contributed by atoms with Crippen molar-refractivity contribution in [2.75, 3.05) is 19.8 Å². The largest absolute Gasteiger partial charge is 0.396 e. The van der Waals surface area contributed by atoms with Crippen LogP contribution in [0.1, 0.15) is 6.42 Å². The molecule has 2 aliphatic rings. The minimum absolute atomic E-state index is 0.0571. The lowest BCUT2D eigenvalue weighted by Crippen LogP contribution is -2.20. The van der Waals surface area contributed by atoms with Crippen molar-refractivity contribution in [3.63, 3.8) is 0 Å². The van der Waals surface area contributed by atoms with Crippen molar-refractivity contribution in [2.24, 2.45) is 11.8 Å². The standard InChI is InChI=1S/C9H14O3/c10-4-6-3-9-7(1-2-12-9)8(6)5-11/h3,7-11H,1-2,4-5H2. The van der Waals surface area contributed by atoms with Gasteiger partial charge in [-0.3, -0.25) is 0 Å². The topological polar surface area (TPSA) is 49.7 Å². The van der Waals surface area contributed by atoms with E-state index < -0.39 is 0 Å². The zero-order chi connectivity index (χ0) is 8.55. The first-order valence-electron chi connectivity index (χ1n) is 4.40. The Morgan fingerprint density at radius 1 is 1.50 bits per heavy atom. The van der Waals surface area contributed by atoms with Gasteiger partial charge in [-0.2, -0.15) is 0 Å². The Labute approximate surface area is 71.7 Å². The maximum atomic E-state index is 9.11. The average Bonchev–Trinajstić information content (AvgIpc) is 2.61. The maximum absolute atomic E-state index is 9.11. The fourth-order valence-corrected chi connectivity index (χ4v) is 2.26. The van der Waals surface area contributed by atoms with Crippen LogP contribution >= 0.6 is 0 Å². The lowest BCUT2D eigenvalue weighted by atomic mass is 9.90. The quantitative estimate of drug-likeness (QED) is 0.570. The third-order valence-corrected chi connectivity index (χ3v) is 2.93. The SMILES string of the molecule is OCC1=CC2OCCC2C1CO. The average molecular weight is 170 g/mol. The predicted octanol–water partition coefficient (Wildman–Crippen LogP) is -0.0677. The van der Waals surface area contributed by atoms with Crippen LogP contribution in [0.4, 0.5) is 0 Å². The molecule has 1 aliphatic heterocycles. The Balaban J connectivity index is 2.15. The molecule has 1 fully saturated rings. The Morgan fingerprint density at radius 2 is 2.33 bits per heavy atom. The number of aliphatic hydroxyl groups excluding tert-OH is 2. The third-order valence-electron chi connectivity index (χ3n) is 2.93. The molecule has 68 valence electrons. The number of fused-ring (bicyclic) bond motifs is 1. The Morgan fingerprint density at radius 3 is 3.00 bits per heavy atom. The van der Waals surface area contributed by atoms with Gasteiger partial charge in [0, 0.05) is 12.5 Å². The summed E-state index contributed by atoms with van der Waals surface area (Å²) in [5.41, 5.74) is 0.951. The summed E-state index contributed by atoms with van der Waals surface area (Å²) >= 11 is 0. The molecule has 0 aromatic heterocycles. The van der Waals surface area contributed by atoms with Gasteiger partial charge in [0.1, 0.15) is 0 Å². The molecule has 3 atom stereocenters. The van der Waals surface area contributed by atoms with E-state index in [0.29, 0.717) is 5.92 Å². The molecule has 1 saturated heterocycles. The second-order valence-electron chi connectivity index (χ2n) is 3.48. The fraction of sp³-hybridized carbons (Fsp3) is 0.778. The van der Waals surface area contributed by atoms with E-state index >= 15 is 0 Å². The van der Waals surface area contributed by atoms with E-state index in [9.17, 15) is 0 Å². The van der Waals surface area contributed by atoms with E-state index in [-0.39, 0.29) is 25.2 Å². The molecule has 0 amide bonds. The monoisotopic (exact) mass is 170 g/mol. The highest BCUT2D eigenvalue weighted by Crippen LogP contribution is 2.39. The summed E-state index contributed by atoms with van der Waals surface area (Å²) in [4.78, 5) is 0. The zero-order valence-electron chi connectivity index (χ0n) is 6.94. The molecular weight excluding hydrogens is 156 g/mol. The summed E-state index contributed by atoms with van der Waals surface area (Å²) in [6.07, 6.45) is 3.14. The number of hydrogen-bond donors (Lipinski definition) is 2. The predicted molar refractivity (Wildman–Crippen MR) is 43.6 cm³/mol. The van der Waals surface area contributed by atoms with Crippen LogP contribution in [0.3, 0.4) is 0 Å². The van der Waals surface area contributed by atoms with Gasteiger partial charge >= 0.3 is 0 Å². The maximum Gasteiger partial charge on any atom is 0.0794 e. The summed E-state index contributed by atoms with van der Waals surface area (Å²) in [6.45, 7) is 0.986. The molecule has 1 aliphatic carbocycles. The van der Waals surface area contributed by atoms with Gasteiger partial charge in [0.2, 0.25) is 0 Å². The zero-order valence-corrected chi connectivity index (χ0v) is 6.94. The molecule has 3 heteroatoms. The van der Waals surface area contributed by atoms with Crippen LogP contribution in [0.15, 0.2) is 11.6 Å². The number of hydrogen-bond acceptors (Lipinski definition) is 3. The van der Waals surface area contributed by atoms with Crippen LogP contribution in [0, 0.1) is 11.8 Å². The first-order valence-corrected chi connectivity index (χ1v) is 4.40. The second-order valence-corrected chi connectivity index (χ2v) is 3.48. The Bertz CT molecular complexity index is 200. The number of aliphatic hydroxyl groups is 2. The molecule has 2 N–H and O–H groups in total. The van der Waals surface area contributed by atoms with Crippen molar-refractivity contribution < 1.29 is 14.9 Å². The first-order chi connectivity index (χ1) is 5.86. The molecule has 2 rings (SSSR count). The first kappa shape index (κ1) is 8.23. The van der Waals surface area contributed by atoms with Gasteiger partial charge in [0.25, 0.3) is 0 Å². The van der Waals surface area contributed by atoms with Crippen molar-refractivity contribution in [3.8, 4) is 0 Å². The molecule has 0 aromatic rings. The minimum Gasteiger partial charge on any atom is -0.396 e. The van der Waals surface area contributed by atoms with Gasteiger partial charge in [0.05, 0.1) is 19.3 Å². The highest BCUT2D eigenvalue weighted by atomic mass is 16.5. The van der Waals surface area contributed by atoms with Gasteiger partial charge < -0.3 is 14.9 Å². The lowest BCUT2D eigenvalue weighted by molar-refractivity contribution is 0.115. The molecule has 0 saturated carbocycles. The molecular formula is C9H14O3. The van der Waals surface area contributed by atoms with Crippen LogP contribution in [-0.2, 0) is 4.74 Å². The van der Waals surface area contributed by atoms with Crippen molar-refractivity contribution in [2.45, 2.75) is 12.5 Å². The minimum atomic E-state index is 0.0571. The summed E-state index contributed by atoms with van der Waals surface area (Å²) in [7, 11) is 0. The summed E-state index contributed by atoms with van der Waals surface area (Å²) < 4.78 is 5.44. The smallest absolute Gasteiger partial charge is 0.0794 e. The van der Waals surface area contributed by atoms with Gasteiger partial charge in [-0.25, -0.2) is 0 Å². The number of rotatable bonds is 2. The van der Waals surface area contributed by atoms with Crippen LogP contribution in [0.2, 0.25) is 0 Å². The Hall–Kier alpha value is -0.380. The normalized spacial score (nSPS) is 39.8. The summed E-state index contributed by atoms with van der Waals surface area (Å²) in [5.74, 6) is 0.555. The highest BCUT2D eigenvalue weighted by Gasteiger charge is 2.39. The molecule has 1 heterocycles. The van der Waals surface area contributed by atoms with E-state index in [1.807, 2.05) is 6.08 Å². The number of ether oxygens (including phenoxy) is 1. The van der Waals surface area contributed by atoms with Gasteiger partial charge in [-0.15, -0.1) is 0 Å². The van der Waals surface area contributed by atoms with Crippen molar-refractivity contribution in [1.29, 1.82) is 0 Å². The van der Waals surface area contributed by atoms with Crippen LogP contribution in [0.5, 0.6) is 0 Å². The highest BCUT2D eigenvalue weighted by molar-refractivity contribution is 5.21. The Kier molecular flexibility index (Phi) is 2.17. The van der Waals surface area contributed by atoms with Crippen LogP contribution < -0.4 is 0 Å². The molecule has 3 nitrogen and oxygen atoms in total. The lowest BCUT2D eigenvalue weighted by Gasteiger charge is -2.17. The molecule has 3 unspecified atom stereocenters. The van der Waals surface area contributed by atoms with Crippen molar-refractivity contribution in [1.82, 2.24) is 0 Å². The van der Waals surface area contributed by atoms with E-state index in [4.69, 9.17) is 14.9 Å². The molecule has 0 aromatic carbocycles. The van der Waals surface area contributed by atoms with Gasteiger partial charge in [-0.1, -0.05) is 6.08 Å². The summed E-state index contributed by atoms with van der Waals surface area (Å²) in [5, 5.41) is 18.1. The van der Waals surface area contributed by atoms with E-state index in [1.165, 1.54) is 0 Å². The van der Waals surface area contributed by atoms with Gasteiger partial charge in [0.15, 0.2) is 0 Å². The molecule has 12 heavy (non-hydrogen) atoms. The fourth-order valence-electron chi connectivity index (χ4n) is 2.26. The van der Waals surface area contributed by atoms with Crippen LogP contribution in [-0.4, -0.2) is 36.1 Å². The van der Waals surface area contributed by atoms with Gasteiger partial charge in [-0.05, 0) is 17.9 Å². The van der Waals surface area contributed by atoms with E-state index in [0.717, 1.165) is 18.6 Å². The van der Waals surface area contributed by atoms with Crippen molar-refractivity contribution >= 4 is 0 Å². The van der Waals surface area contributed by atoms with E-state index in [1.54, 1.807) is 0 Å². The van der Waals surface area contributed by atoms with E-state index in [2.05, 4.69) is 0 Å². The van der Waals surface area contributed by atoms with Crippen molar-refractivity contribution in [3.05, 3.63) is 11.6 Å². The molecule has 0 bridgehead atoms. The van der Waals surface area contributed by atoms with Crippen LogP contribution in [0.25, 0.3) is 0 Å². The molecule has 0 radical (unpaired) electrons. The second kappa shape index (κ2) is 3.17.